The highest BCUT2D eigenvalue weighted by Crippen LogP contribution is 2.30. The van der Waals surface area contributed by atoms with E-state index in [2.05, 4.69) is 10.0 Å². The third kappa shape index (κ3) is 5.69. The van der Waals surface area contributed by atoms with Crippen molar-refractivity contribution in [1.29, 1.82) is 0 Å². The number of carbonyl (C=O) groups excluding carboxylic acids is 1. The van der Waals surface area contributed by atoms with Gasteiger partial charge in [-0.05, 0) is 55.2 Å². The van der Waals surface area contributed by atoms with Gasteiger partial charge in [0.2, 0.25) is 15.9 Å². The molecule has 2 aromatic rings. The second-order valence-corrected chi connectivity index (χ2v) is 9.30. The van der Waals surface area contributed by atoms with E-state index in [4.69, 9.17) is 23.2 Å². The molecule has 1 aliphatic rings. The van der Waals surface area contributed by atoms with Crippen LogP contribution < -0.4 is 10.0 Å². The summed E-state index contributed by atoms with van der Waals surface area (Å²) in [5, 5.41) is 3.56. The Morgan fingerprint density at radius 2 is 1.78 bits per heavy atom. The van der Waals surface area contributed by atoms with E-state index in [0.717, 1.165) is 18.4 Å². The van der Waals surface area contributed by atoms with Gasteiger partial charge in [-0.3, -0.25) is 4.79 Å². The Morgan fingerprint density at radius 1 is 1.11 bits per heavy atom. The van der Waals surface area contributed by atoms with Crippen LogP contribution in [0.2, 0.25) is 10.0 Å². The number of carbonyl (C=O) groups is 1. The zero-order valence-corrected chi connectivity index (χ0v) is 17.0. The third-order valence-electron chi connectivity index (χ3n) is 4.32. The van der Waals surface area contributed by atoms with Crippen molar-refractivity contribution in [3.05, 3.63) is 63.6 Å². The Hall–Kier alpha value is -1.60. The highest BCUT2D eigenvalue weighted by molar-refractivity contribution is 7.88. The zero-order valence-electron chi connectivity index (χ0n) is 14.7. The molecular formula is C19H20Cl2N2O3S. The maximum absolute atomic E-state index is 12.4. The molecule has 1 unspecified atom stereocenters. The summed E-state index contributed by atoms with van der Waals surface area (Å²) < 4.78 is 27.5. The minimum Gasteiger partial charge on any atom is -0.326 e. The largest absolute Gasteiger partial charge is 0.326 e. The van der Waals surface area contributed by atoms with Gasteiger partial charge in [-0.15, -0.1) is 0 Å². The molecule has 1 aliphatic carbocycles. The van der Waals surface area contributed by atoms with Crippen molar-refractivity contribution in [2.45, 2.75) is 31.6 Å². The molecule has 0 aliphatic heterocycles. The Kier molecular flexibility index (Phi) is 6.11. The molecule has 0 aromatic heterocycles. The van der Waals surface area contributed by atoms with Gasteiger partial charge in [0.25, 0.3) is 0 Å². The van der Waals surface area contributed by atoms with Crippen molar-refractivity contribution in [2.75, 3.05) is 5.32 Å². The summed E-state index contributed by atoms with van der Waals surface area (Å²) in [5.41, 5.74) is 2.07. The molecule has 1 fully saturated rings. The molecule has 8 heteroatoms. The van der Waals surface area contributed by atoms with Crippen molar-refractivity contribution in [2.24, 2.45) is 5.92 Å². The van der Waals surface area contributed by atoms with Gasteiger partial charge in [-0.2, -0.15) is 0 Å². The van der Waals surface area contributed by atoms with Gasteiger partial charge in [-0.25, -0.2) is 13.1 Å². The highest BCUT2D eigenvalue weighted by atomic mass is 35.5. The fourth-order valence-electron chi connectivity index (χ4n) is 2.67. The Labute approximate surface area is 169 Å². The minimum atomic E-state index is -3.57. The topological polar surface area (TPSA) is 75.3 Å². The van der Waals surface area contributed by atoms with E-state index in [-0.39, 0.29) is 17.6 Å². The second kappa shape index (κ2) is 8.19. The number of halogens is 2. The molecule has 0 spiro atoms. The lowest BCUT2D eigenvalue weighted by atomic mass is 10.1. The summed E-state index contributed by atoms with van der Waals surface area (Å²) in [6.45, 7) is 1.77. The number of amides is 1. The SMILES string of the molecule is CC(NS(=O)(=O)Cc1ccc(Cl)c(Cl)c1)c1ccc(NC(=O)C2CC2)cc1. The molecule has 27 heavy (non-hydrogen) atoms. The smallest absolute Gasteiger partial charge is 0.227 e. The van der Waals surface area contributed by atoms with Crippen LogP contribution in [0, 0.1) is 5.92 Å². The van der Waals surface area contributed by atoms with Crippen LogP contribution in [0.15, 0.2) is 42.5 Å². The molecule has 2 aromatic carbocycles. The number of hydrogen-bond donors (Lipinski definition) is 2. The van der Waals surface area contributed by atoms with Gasteiger partial charge in [0.05, 0.1) is 15.8 Å². The quantitative estimate of drug-likeness (QED) is 0.682. The summed E-state index contributed by atoms with van der Waals surface area (Å²) in [6, 6.07) is 11.5. The Bertz CT molecular complexity index is 942. The van der Waals surface area contributed by atoms with Crippen LogP contribution in [0.25, 0.3) is 0 Å². The summed E-state index contributed by atoms with van der Waals surface area (Å²) >= 11 is 11.8. The third-order valence-corrected chi connectivity index (χ3v) is 6.49. The predicted molar refractivity (Wildman–Crippen MR) is 108 cm³/mol. The van der Waals surface area contributed by atoms with Gasteiger partial charge in [0, 0.05) is 17.6 Å². The van der Waals surface area contributed by atoms with Crippen molar-refractivity contribution in [3.63, 3.8) is 0 Å². The first-order valence-electron chi connectivity index (χ1n) is 8.58. The van der Waals surface area contributed by atoms with E-state index in [1.807, 2.05) is 0 Å². The van der Waals surface area contributed by atoms with Gasteiger partial charge in [0.1, 0.15) is 0 Å². The molecule has 5 nitrogen and oxygen atoms in total. The average Bonchev–Trinajstić information content (AvgIpc) is 3.43. The molecule has 0 radical (unpaired) electrons. The molecule has 0 heterocycles. The number of anilines is 1. The number of sulfonamides is 1. The lowest BCUT2D eigenvalue weighted by molar-refractivity contribution is -0.117. The number of rotatable bonds is 7. The van der Waals surface area contributed by atoms with E-state index < -0.39 is 16.1 Å². The van der Waals surface area contributed by atoms with Crippen LogP contribution in [0.3, 0.4) is 0 Å². The summed E-state index contributed by atoms with van der Waals surface area (Å²) in [7, 11) is -3.57. The van der Waals surface area contributed by atoms with Crippen LogP contribution >= 0.6 is 23.2 Å². The first kappa shape index (κ1) is 20.1. The van der Waals surface area contributed by atoms with Gasteiger partial charge in [-0.1, -0.05) is 41.4 Å². The Morgan fingerprint density at radius 3 is 2.37 bits per heavy atom. The van der Waals surface area contributed by atoms with Crippen molar-refractivity contribution < 1.29 is 13.2 Å². The van der Waals surface area contributed by atoms with E-state index in [9.17, 15) is 13.2 Å². The van der Waals surface area contributed by atoms with E-state index in [1.54, 1.807) is 49.4 Å². The first-order valence-corrected chi connectivity index (χ1v) is 11.0. The average molecular weight is 427 g/mol. The van der Waals surface area contributed by atoms with Gasteiger partial charge < -0.3 is 5.32 Å². The molecule has 1 saturated carbocycles. The van der Waals surface area contributed by atoms with Crippen LogP contribution in [-0.4, -0.2) is 14.3 Å². The van der Waals surface area contributed by atoms with Gasteiger partial charge >= 0.3 is 0 Å². The summed E-state index contributed by atoms with van der Waals surface area (Å²) in [4.78, 5) is 11.8. The van der Waals surface area contributed by atoms with Crippen molar-refractivity contribution in [1.82, 2.24) is 4.72 Å². The lowest BCUT2D eigenvalue weighted by Crippen LogP contribution is -2.28. The standard InChI is InChI=1S/C19H20Cl2N2O3S/c1-12(14-5-7-16(8-6-14)22-19(24)15-3-4-15)23-27(25,26)11-13-2-9-17(20)18(21)10-13/h2,5-10,12,15,23H,3-4,11H2,1H3,(H,22,24). The normalized spacial score (nSPS) is 15.4. The number of nitrogens with one attached hydrogen (secondary N) is 2. The van der Waals surface area contributed by atoms with E-state index >= 15 is 0 Å². The Balaban J connectivity index is 1.61. The molecule has 1 atom stereocenters. The molecule has 3 rings (SSSR count). The molecule has 0 bridgehead atoms. The van der Waals surface area contributed by atoms with Crippen LogP contribution in [0.5, 0.6) is 0 Å². The summed E-state index contributed by atoms with van der Waals surface area (Å²) in [5.74, 6) is -0.0149. The minimum absolute atomic E-state index is 0.0399. The maximum Gasteiger partial charge on any atom is 0.227 e. The molecule has 2 N–H and O–H groups in total. The van der Waals surface area contributed by atoms with Crippen LogP contribution in [0.4, 0.5) is 5.69 Å². The van der Waals surface area contributed by atoms with E-state index in [0.29, 0.717) is 21.3 Å². The highest BCUT2D eigenvalue weighted by Gasteiger charge is 2.29. The maximum atomic E-state index is 12.4. The fourth-order valence-corrected chi connectivity index (χ4v) is 4.37. The van der Waals surface area contributed by atoms with Gasteiger partial charge in [0.15, 0.2) is 0 Å². The lowest BCUT2D eigenvalue weighted by Gasteiger charge is -2.15. The monoisotopic (exact) mass is 426 g/mol. The predicted octanol–water partition coefficient (Wildman–Crippen LogP) is 4.52. The zero-order chi connectivity index (χ0) is 19.6. The summed E-state index contributed by atoms with van der Waals surface area (Å²) in [6.07, 6.45) is 1.89. The van der Waals surface area contributed by atoms with Crippen molar-refractivity contribution >= 4 is 44.8 Å². The first-order chi connectivity index (χ1) is 12.7. The van der Waals surface area contributed by atoms with Crippen LogP contribution in [0.1, 0.15) is 36.9 Å². The second-order valence-electron chi connectivity index (χ2n) is 6.73. The van der Waals surface area contributed by atoms with Crippen molar-refractivity contribution in [3.8, 4) is 0 Å². The molecule has 0 saturated heterocycles. The fraction of sp³-hybridized carbons (Fsp3) is 0.316. The molecule has 1 amide bonds. The van der Waals surface area contributed by atoms with Crippen LogP contribution in [-0.2, 0) is 20.6 Å². The molecular weight excluding hydrogens is 407 g/mol. The number of benzene rings is 2. The number of hydrogen-bond acceptors (Lipinski definition) is 3. The van der Waals surface area contributed by atoms with E-state index in [1.165, 1.54) is 0 Å². The molecule has 144 valence electrons.